The summed E-state index contributed by atoms with van der Waals surface area (Å²) in [6.07, 6.45) is 3.38. The Morgan fingerprint density at radius 3 is 2.95 bits per heavy atom. The van der Waals surface area contributed by atoms with Crippen LogP contribution in [-0.4, -0.2) is 22.2 Å². The average molecular weight is 265 g/mol. The topological polar surface area (TPSA) is 105 Å². The molecule has 0 fully saturated rings. The van der Waals surface area contributed by atoms with E-state index in [-0.39, 0.29) is 5.91 Å². The number of benzene rings is 1. The van der Waals surface area contributed by atoms with E-state index in [1.54, 1.807) is 0 Å². The second-order valence-electron chi connectivity index (χ2n) is 3.90. The van der Waals surface area contributed by atoms with Gasteiger partial charge in [-0.25, -0.2) is 5.43 Å². The van der Waals surface area contributed by atoms with Gasteiger partial charge in [0.1, 0.15) is 0 Å². The maximum atomic E-state index is 11.2. The predicted molar refractivity (Wildman–Crippen MR) is 70.0 cm³/mol. The van der Waals surface area contributed by atoms with Crippen molar-refractivity contribution in [3.8, 4) is 5.75 Å². The largest absolute Gasteiger partial charge is 0.502 e. The third-order valence-electron chi connectivity index (χ3n) is 2.36. The number of unbranched alkanes of at least 4 members (excludes halogenated alkanes) is 1. The van der Waals surface area contributed by atoms with Crippen LogP contribution in [0.5, 0.6) is 5.75 Å². The molecule has 0 saturated heterocycles. The second-order valence-corrected chi connectivity index (χ2v) is 3.90. The van der Waals surface area contributed by atoms with Crippen LogP contribution in [0.15, 0.2) is 23.3 Å². The first kappa shape index (κ1) is 14.6. The number of hydrogen-bond acceptors (Lipinski definition) is 5. The highest BCUT2D eigenvalue weighted by atomic mass is 16.6. The van der Waals surface area contributed by atoms with E-state index in [9.17, 15) is 20.0 Å². The van der Waals surface area contributed by atoms with Gasteiger partial charge in [-0.15, -0.1) is 0 Å². The Labute approximate surface area is 110 Å². The number of rotatable bonds is 6. The van der Waals surface area contributed by atoms with Crippen molar-refractivity contribution in [2.75, 3.05) is 0 Å². The van der Waals surface area contributed by atoms with Crippen LogP contribution in [-0.2, 0) is 4.79 Å². The Bertz CT molecular complexity index is 500. The first-order valence-electron chi connectivity index (χ1n) is 5.84. The molecule has 0 aliphatic heterocycles. The van der Waals surface area contributed by atoms with Crippen molar-refractivity contribution in [3.05, 3.63) is 33.9 Å². The summed E-state index contributed by atoms with van der Waals surface area (Å²) in [6.45, 7) is 1.98. The number of nitrogens with zero attached hydrogens (tertiary/aromatic N) is 2. The third kappa shape index (κ3) is 4.74. The number of amides is 1. The highest BCUT2D eigenvalue weighted by Crippen LogP contribution is 2.25. The van der Waals surface area contributed by atoms with Gasteiger partial charge in [0.15, 0.2) is 5.75 Å². The van der Waals surface area contributed by atoms with Crippen LogP contribution in [0.4, 0.5) is 5.69 Å². The molecule has 1 aromatic carbocycles. The zero-order valence-electron chi connectivity index (χ0n) is 10.5. The first-order valence-corrected chi connectivity index (χ1v) is 5.84. The molecule has 0 unspecified atom stereocenters. The van der Waals surface area contributed by atoms with Gasteiger partial charge in [-0.1, -0.05) is 13.3 Å². The van der Waals surface area contributed by atoms with Crippen LogP contribution < -0.4 is 5.43 Å². The minimum Gasteiger partial charge on any atom is -0.502 e. The summed E-state index contributed by atoms with van der Waals surface area (Å²) in [5.41, 5.74) is 2.34. The molecule has 0 aliphatic carbocycles. The fraction of sp³-hybridized carbons (Fsp3) is 0.333. The van der Waals surface area contributed by atoms with E-state index in [0.29, 0.717) is 12.0 Å². The van der Waals surface area contributed by atoms with E-state index in [2.05, 4.69) is 10.5 Å². The molecule has 102 valence electrons. The molecular weight excluding hydrogens is 250 g/mol. The standard InChI is InChI=1S/C12H15N3O4/c1-2-3-4-12(17)14-13-8-9-5-6-11(16)10(7-9)15(18)19/h5-8,16H,2-4H2,1H3,(H,14,17)/b13-8+. The molecule has 1 aromatic rings. The highest BCUT2D eigenvalue weighted by Gasteiger charge is 2.12. The maximum Gasteiger partial charge on any atom is 0.311 e. The average Bonchev–Trinajstić information content (AvgIpc) is 2.38. The molecule has 1 rings (SSSR count). The van der Waals surface area contributed by atoms with E-state index in [0.717, 1.165) is 12.8 Å². The van der Waals surface area contributed by atoms with E-state index >= 15 is 0 Å². The lowest BCUT2D eigenvalue weighted by molar-refractivity contribution is -0.385. The zero-order chi connectivity index (χ0) is 14.3. The van der Waals surface area contributed by atoms with Crippen LogP contribution in [0.25, 0.3) is 0 Å². The number of hydrogen-bond donors (Lipinski definition) is 2. The van der Waals surface area contributed by atoms with Crippen LogP contribution in [0.1, 0.15) is 31.7 Å². The lowest BCUT2D eigenvalue weighted by Gasteiger charge is -1.99. The van der Waals surface area contributed by atoms with Crippen LogP contribution >= 0.6 is 0 Å². The Hall–Kier alpha value is -2.44. The molecule has 0 aliphatic rings. The molecule has 7 nitrogen and oxygen atoms in total. The normalized spacial score (nSPS) is 10.6. The number of hydrazone groups is 1. The molecule has 0 spiro atoms. The van der Waals surface area contributed by atoms with Gasteiger partial charge in [0.2, 0.25) is 5.91 Å². The van der Waals surface area contributed by atoms with Crippen molar-refractivity contribution < 1.29 is 14.8 Å². The SMILES string of the molecule is CCCCC(=O)N/N=C/c1ccc(O)c([N+](=O)[O-])c1. The number of nitrogens with one attached hydrogen (secondary N) is 1. The summed E-state index contributed by atoms with van der Waals surface area (Å²) in [7, 11) is 0. The summed E-state index contributed by atoms with van der Waals surface area (Å²) in [6, 6.07) is 3.85. The van der Waals surface area contributed by atoms with Crippen molar-refractivity contribution in [1.82, 2.24) is 5.43 Å². The number of carbonyl (C=O) groups excluding carboxylic acids is 1. The Kier molecular flexibility index (Phi) is 5.46. The van der Waals surface area contributed by atoms with E-state index in [1.807, 2.05) is 6.92 Å². The maximum absolute atomic E-state index is 11.2. The zero-order valence-corrected chi connectivity index (χ0v) is 10.5. The number of nitro groups is 1. The van der Waals surface area contributed by atoms with Gasteiger partial charge < -0.3 is 5.11 Å². The molecule has 0 aromatic heterocycles. The summed E-state index contributed by atoms with van der Waals surface area (Å²) in [5.74, 6) is -0.611. The van der Waals surface area contributed by atoms with Gasteiger partial charge in [-0.2, -0.15) is 5.10 Å². The molecule has 7 heteroatoms. The molecule has 0 heterocycles. The smallest absolute Gasteiger partial charge is 0.311 e. The van der Waals surface area contributed by atoms with E-state index in [1.165, 1.54) is 24.4 Å². The Morgan fingerprint density at radius 2 is 2.32 bits per heavy atom. The second kappa shape index (κ2) is 7.10. The van der Waals surface area contributed by atoms with Crippen LogP contribution in [0, 0.1) is 10.1 Å². The van der Waals surface area contributed by atoms with Gasteiger partial charge in [-0.05, 0) is 18.6 Å². The van der Waals surface area contributed by atoms with Gasteiger partial charge >= 0.3 is 5.69 Å². The fourth-order valence-corrected chi connectivity index (χ4v) is 1.34. The predicted octanol–water partition coefficient (Wildman–Crippen LogP) is 1.94. The lowest BCUT2D eigenvalue weighted by atomic mass is 10.2. The Morgan fingerprint density at radius 1 is 1.58 bits per heavy atom. The van der Waals surface area contributed by atoms with Crippen molar-refractivity contribution in [2.24, 2.45) is 5.10 Å². The number of phenols is 1. The molecular formula is C12H15N3O4. The quantitative estimate of drug-likeness (QED) is 0.465. The monoisotopic (exact) mass is 265 g/mol. The van der Waals surface area contributed by atoms with Gasteiger partial charge in [0, 0.05) is 18.1 Å². The van der Waals surface area contributed by atoms with Crippen molar-refractivity contribution in [1.29, 1.82) is 0 Å². The van der Waals surface area contributed by atoms with Gasteiger partial charge in [0.05, 0.1) is 11.1 Å². The molecule has 0 saturated carbocycles. The minimum absolute atomic E-state index is 0.202. The molecule has 19 heavy (non-hydrogen) atoms. The number of carbonyl (C=O) groups is 1. The van der Waals surface area contributed by atoms with Gasteiger partial charge in [0.25, 0.3) is 0 Å². The minimum atomic E-state index is -0.688. The summed E-state index contributed by atoms with van der Waals surface area (Å²) in [4.78, 5) is 21.2. The summed E-state index contributed by atoms with van der Waals surface area (Å²) in [5, 5.41) is 23.6. The van der Waals surface area contributed by atoms with Crippen LogP contribution in [0.2, 0.25) is 0 Å². The van der Waals surface area contributed by atoms with E-state index < -0.39 is 16.4 Å². The number of nitro benzene ring substituents is 1. The fourth-order valence-electron chi connectivity index (χ4n) is 1.34. The van der Waals surface area contributed by atoms with Crippen molar-refractivity contribution in [2.45, 2.75) is 26.2 Å². The van der Waals surface area contributed by atoms with Crippen molar-refractivity contribution >= 4 is 17.8 Å². The van der Waals surface area contributed by atoms with Crippen LogP contribution in [0.3, 0.4) is 0 Å². The first-order chi connectivity index (χ1) is 9.04. The molecule has 2 N–H and O–H groups in total. The van der Waals surface area contributed by atoms with E-state index in [4.69, 9.17) is 0 Å². The number of phenolic OH excluding ortho intramolecular Hbond substituents is 1. The number of aromatic hydroxyl groups is 1. The third-order valence-corrected chi connectivity index (χ3v) is 2.36. The summed E-state index contributed by atoms with van der Waals surface area (Å²) >= 11 is 0. The highest BCUT2D eigenvalue weighted by molar-refractivity contribution is 5.83. The molecule has 1 amide bonds. The molecule has 0 bridgehead atoms. The lowest BCUT2D eigenvalue weighted by Crippen LogP contribution is -2.16. The van der Waals surface area contributed by atoms with Crippen molar-refractivity contribution in [3.63, 3.8) is 0 Å². The molecule has 0 radical (unpaired) electrons. The summed E-state index contributed by atoms with van der Waals surface area (Å²) < 4.78 is 0. The Balaban J connectivity index is 2.64. The van der Waals surface area contributed by atoms with Gasteiger partial charge in [-0.3, -0.25) is 14.9 Å². The molecule has 0 atom stereocenters.